The lowest BCUT2D eigenvalue weighted by Gasteiger charge is -2.23. The molecular formula is C16H28N4O8S2. The van der Waals surface area contributed by atoms with Crippen LogP contribution < -0.4 is 21.7 Å². The Morgan fingerprint density at radius 1 is 0.933 bits per heavy atom. The number of carboxylic acid groups (broad SMARTS) is 2. The topological polar surface area (TPSA) is 208 Å². The highest BCUT2D eigenvalue weighted by molar-refractivity contribution is 7.98. The van der Waals surface area contributed by atoms with Crippen LogP contribution in [0.3, 0.4) is 0 Å². The zero-order valence-corrected chi connectivity index (χ0v) is 18.1. The number of aliphatic hydroxyl groups excluding tert-OH is 1. The number of thiol groups is 1. The first-order valence-electron chi connectivity index (χ1n) is 8.89. The molecule has 0 spiro atoms. The van der Waals surface area contributed by atoms with Crippen LogP contribution in [0.15, 0.2) is 0 Å². The Kier molecular flexibility index (Phi) is 13.9. The van der Waals surface area contributed by atoms with E-state index in [0.29, 0.717) is 12.2 Å². The Labute approximate surface area is 183 Å². The maximum atomic E-state index is 12.3. The van der Waals surface area contributed by atoms with Gasteiger partial charge >= 0.3 is 11.9 Å². The first-order valence-corrected chi connectivity index (χ1v) is 10.9. The van der Waals surface area contributed by atoms with E-state index in [0.717, 1.165) is 0 Å². The molecule has 0 aliphatic carbocycles. The van der Waals surface area contributed by atoms with Crippen LogP contribution in [0.5, 0.6) is 0 Å². The second kappa shape index (κ2) is 14.9. The normalized spacial score (nSPS) is 14.7. The molecule has 0 aliphatic heterocycles. The van der Waals surface area contributed by atoms with Crippen molar-refractivity contribution in [3.63, 3.8) is 0 Å². The van der Waals surface area contributed by atoms with Gasteiger partial charge in [-0.2, -0.15) is 24.4 Å². The Morgan fingerprint density at radius 3 is 1.93 bits per heavy atom. The quantitative estimate of drug-likeness (QED) is 0.117. The highest BCUT2D eigenvalue weighted by atomic mass is 32.2. The van der Waals surface area contributed by atoms with E-state index < -0.39 is 66.9 Å². The zero-order chi connectivity index (χ0) is 23.3. The van der Waals surface area contributed by atoms with Gasteiger partial charge in [0.15, 0.2) is 0 Å². The minimum absolute atomic E-state index is 0.220. The van der Waals surface area contributed by atoms with Crippen molar-refractivity contribution in [2.75, 3.05) is 24.4 Å². The smallest absolute Gasteiger partial charge is 0.326 e. The van der Waals surface area contributed by atoms with Gasteiger partial charge in [0.1, 0.15) is 18.1 Å². The third-order valence-electron chi connectivity index (χ3n) is 3.86. The van der Waals surface area contributed by atoms with Crippen LogP contribution >= 0.6 is 24.4 Å². The average molecular weight is 469 g/mol. The SMILES string of the molecule is CSCCC(N)C(=O)NC(CO)C(=O)NC(CS)C(=O)NC(CCC(=O)O)C(=O)O. The van der Waals surface area contributed by atoms with Crippen molar-refractivity contribution in [2.24, 2.45) is 5.73 Å². The highest BCUT2D eigenvalue weighted by Gasteiger charge is 2.29. The zero-order valence-electron chi connectivity index (χ0n) is 16.4. The molecular weight excluding hydrogens is 440 g/mol. The van der Waals surface area contributed by atoms with E-state index in [1.807, 2.05) is 6.26 Å². The van der Waals surface area contributed by atoms with Gasteiger partial charge in [-0.25, -0.2) is 4.79 Å². The number of aliphatic carboxylic acids is 2. The molecule has 12 nitrogen and oxygen atoms in total. The maximum Gasteiger partial charge on any atom is 0.326 e. The standard InChI is InChI=1S/C16H28N4O8S2/c1-30-5-4-8(17)13(24)19-10(6-21)14(25)20-11(7-29)15(26)18-9(16(27)28)2-3-12(22)23/h8-11,21,29H,2-7,17H2,1H3,(H,18,26)(H,19,24)(H,20,25)(H,22,23)(H,27,28). The summed E-state index contributed by atoms with van der Waals surface area (Å²) in [6.07, 6.45) is 1.37. The number of carboxylic acids is 2. The number of rotatable bonds is 15. The second-order valence-corrected chi connectivity index (χ2v) is 7.56. The number of thioether (sulfide) groups is 1. The summed E-state index contributed by atoms with van der Waals surface area (Å²) < 4.78 is 0. The summed E-state index contributed by atoms with van der Waals surface area (Å²) in [7, 11) is 0. The van der Waals surface area contributed by atoms with E-state index in [2.05, 4.69) is 28.6 Å². The van der Waals surface area contributed by atoms with Crippen LogP contribution in [-0.2, 0) is 24.0 Å². The number of hydrogen-bond acceptors (Lipinski definition) is 9. The molecule has 0 aromatic heterocycles. The van der Waals surface area contributed by atoms with Crippen LogP contribution in [-0.4, -0.2) is 93.5 Å². The van der Waals surface area contributed by atoms with E-state index in [-0.39, 0.29) is 12.2 Å². The number of hydrogen-bond donors (Lipinski definition) is 8. The van der Waals surface area contributed by atoms with E-state index in [4.69, 9.17) is 15.9 Å². The molecule has 3 amide bonds. The number of aliphatic hydroxyl groups is 1. The fourth-order valence-corrected chi connectivity index (χ4v) is 2.86. The molecule has 0 radical (unpaired) electrons. The summed E-state index contributed by atoms with van der Waals surface area (Å²) in [6, 6.07) is -5.02. The van der Waals surface area contributed by atoms with Crippen molar-refractivity contribution in [1.82, 2.24) is 16.0 Å². The van der Waals surface area contributed by atoms with Gasteiger partial charge in [0.2, 0.25) is 17.7 Å². The third kappa shape index (κ3) is 10.7. The molecule has 0 saturated heterocycles. The van der Waals surface area contributed by atoms with Gasteiger partial charge in [-0.15, -0.1) is 0 Å². The predicted molar refractivity (Wildman–Crippen MR) is 112 cm³/mol. The van der Waals surface area contributed by atoms with Crippen molar-refractivity contribution < 1.29 is 39.3 Å². The van der Waals surface area contributed by atoms with Crippen LogP contribution in [0.2, 0.25) is 0 Å². The molecule has 4 atom stereocenters. The lowest BCUT2D eigenvalue weighted by molar-refractivity contribution is -0.143. The van der Waals surface area contributed by atoms with Gasteiger partial charge in [0.25, 0.3) is 0 Å². The van der Waals surface area contributed by atoms with E-state index >= 15 is 0 Å². The molecule has 172 valence electrons. The van der Waals surface area contributed by atoms with Gasteiger partial charge in [-0.3, -0.25) is 19.2 Å². The molecule has 4 unspecified atom stereocenters. The molecule has 0 rings (SSSR count). The van der Waals surface area contributed by atoms with Crippen LogP contribution in [0.25, 0.3) is 0 Å². The molecule has 0 heterocycles. The highest BCUT2D eigenvalue weighted by Crippen LogP contribution is 2.02. The minimum atomic E-state index is -1.48. The lowest BCUT2D eigenvalue weighted by atomic mass is 10.1. The molecule has 8 N–H and O–H groups in total. The molecule has 0 aliphatic rings. The van der Waals surface area contributed by atoms with E-state index in [1.165, 1.54) is 11.8 Å². The van der Waals surface area contributed by atoms with Crippen molar-refractivity contribution in [3.8, 4) is 0 Å². The van der Waals surface area contributed by atoms with Crippen LogP contribution in [0.1, 0.15) is 19.3 Å². The monoisotopic (exact) mass is 468 g/mol. The molecule has 14 heteroatoms. The second-order valence-electron chi connectivity index (χ2n) is 6.21. The van der Waals surface area contributed by atoms with Crippen molar-refractivity contribution in [1.29, 1.82) is 0 Å². The van der Waals surface area contributed by atoms with Gasteiger partial charge < -0.3 is 37.0 Å². The van der Waals surface area contributed by atoms with Gasteiger partial charge in [0.05, 0.1) is 12.6 Å². The molecule has 0 aromatic carbocycles. The van der Waals surface area contributed by atoms with Crippen molar-refractivity contribution >= 4 is 54.1 Å². The summed E-state index contributed by atoms with van der Waals surface area (Å²) >= 11 is 5.43. The fourth-order valence-electron chi connectivity index (χ4n) is 2.11. The molecule has 0 bridgehead atoms. The minimum Gasteiger partial charge on any atom is -0.481 e. The first kappa shape index (κ1) is 28.0. The Hall–Kier alpha value is -2.03. The molecule has 0 aromatic rings. The summed E-state index contributed by atoms with van der Waals surface area (Å²) in [4.78, 5) is 58.4. The number of nitrogens with one attached hydrogen (secondary N) is 3. The van der Waals surface area contributed by atoms with E-state index in [9.17, 15) is 29.1 Å². The average Bonchev–Trinajstić information content (AvgIpc) is 2.70. The molecule has 30 heavy (non-hydrogen) atoms. The maximum absolute atomic E-state index is 12.3. The number of carbonyl (C=O) groups is 5. The number of carbonyl (C=O) groups excluding carboxylic acids is 3. The summed E-state index contributed by atoms with van der Waals surface area (Å²) in [5.74, 6) is -4.71. The first-order chi connectivity index (χ1) is 14.1. The van der Waals surface area contributed by atoms with Crippen molar-refractivity contribution in [2.45, 2.75) is 43.4 Å². The predicted octanol–water partition coefficient (Wildman–Crippen LogP) is -2.61. The van der Waals surface area contributed by atoms with Gasteiger partial charge in [-0.05, 0) is 24.9 Å². The van der Waals surface area contributed by atoms with Gasteiger partial charge in [-0.1, -0.05) is 0 Å². The fraction of sp³-hybridized carbons (Fsp3) is 0.688. The Bertz CT molecular complexity index is 622. The van der Waals surface area contributed by atoms with Crippen molar-refractivity contribution in [3.05, 3.63) is 0 Å². The number of amides is 3. The third-order valence-corrected chi connectivity index (χ3v) is 4.87. The van der Waals surface area contributed by atoms with Crippen LogP contribution in [0.4, 0.5) is 0 Å². The summed E-state index contributed by atoms with van der Waals surface area (Å²) in [5.41, 5.74) is 5.70. The lowest BCUT2D eigenvalue weighted by Crippen LogP contribution is -2.58. The number of nitrogens with two attached hydrogens (primary N) is 1. The Balaban J connectivity index is 4.94. The summed E-state index contributed by atoms with van der Waals surface area (Å²) in [6.45, 7) is -0.760. The van der Waals surface area contributed by atoms with E-state index in [1.54, 1.807) is 0 Å². The largest absolute Gasteiger partial charge is 0.481 e. The molecule has 0 fully saturated rings. The Morgan fingerprint density at radius 2 is 1.47 bits per heavy atom. The molecule has 0 saturated carbocycles. The van der Waals surface area contributed by atoms with Crippen LogP contribution in [0, 0.1) is 0 Å². The van der Waals surface area contributed by atoms with Gasteiger partial charge in [0, 0.05) is 12.2 Å². The summed E-state index contributed by atoms with van der Waals surface area (Å²) in [5, 5.41) is 33.8.